The molecule has 0 atom stereocenters. The van der Waals surface area contributed by atoms with E-state index in [0.29, 0.717) is 5.75 Å². The number of rotatable bonds is 3. The topological polar surface area (TPSA) is 20.2 Å². The van der Waals surface area contributed by atoms with Crippen LogP contribution >= 0.6 is 0 Å². The number of hydrogen-bond donors (Lipinski definition) is 1. The van der Waals surface area contributed by atoms with Crippen LogP contribution in [-0.2, 0) is 6.42 Å². The minimum atomic E-state index is 0.322. The van der Waals surface area contributed by atoms with Gasteiger partial charge in [0, 0.05) is 5.56 Å². The van der Waals surface area contributed by atoms with Crippen LogP contribution in [0.4, 0.5) is 0 Å². The summed E-state index contributed by atoms with van der Waals surface area (Å²) < 4.78 is 0. The van der Waals surface area contributed by atoms with E-state index in [-0.39, 0.29) is 0 Å². The summed E-state index contributed by atoms with van der Waals surface area (Å²) in [7, 11) is 0. The van der Waals surface area contributed by atoms with Gasteiger partial charge in [0.15, 0.2) is 0 Å². The van der Waals surface area contributed by atoms with Gasteiger partial charge in [0.05, 0.1) is 0 Å². The second-order valence-corrected chi connectivity index (χ2v) is 5.96. The zero-order chi connectivity index (χ0) is 16.4. The van der Waals surface area contributed by atoms with Crippen molar-refractivity contribution in [2.45, 2.75) is 6.42 Å². The minimum absolute atomic E-state index is 0.322. The number of phenols is 1. The first-order valence-corrected chi connectivity index (χ1v) is 8.17. The smallest absolute Gasteiger partial charge is 0.123 e. The molecule has 0 aliphatic heterocycles. The molecule has 116 valence electrons. The predicted octanol–water partition coefficient (Wildman–Crippen LogP) is 5.95. The molecule has 1 nitrogen and oxygen atoms in total. The molecular weight excluding hydrogens is 292 g/mol. The first kappa shape index (κ1) is 14.5. The standard InChI is InChI=1S/C23H18O/c24-23-16-15-19-8-2-4-13-21(19)22(23)14-6-11-18-10-5-9-17-7-1-3-12-20(17)18/h1-10,12-16,24H,11H2/b14-6+. The normalized spacial score (nSPS) is 11.5. The van der Waals surface area contributed by atoms with Gasteiger partial charge in [-0.25, -0.2) is 0 Å². The number of allylic oxidation sites excluding steroid dienone is 1. The molecule has 0 unspecified atom stereocenters. The molecule has 0 saturated heterocycles. The number of fused-ring (bicyclic) bond motifs is 2. The van der Waals surface area contributed by atoms with Crippen LogP contribution < -0.4 is 0 Å². The lowest BCUT2D eigenvalue weighted by atomic mass is 10.00. The molecule has 0 aromatic heterocycles. The summed E-state index contributed by atoms with van der Waals surface area (Å²) in [5.41, 5.74) is 2.18. The first-order valence-electron chi connectivity index (χ1n) is 8.17. The van der Waals surface area contributed by atoms with E-state index in [0.717, 1.165) is 22.8 Å². The molecule has 4 aromatic carbocycles. The van der Waals surface area contributed by atoms with E-state index in [1.165, 1.54) is 16.3 Å². The molecule has 0 aliphatic rings. The summed E-state index contributed by atoms with van der Waals surface area (Å²) >= 11 is 0. The van der Waals surface area contributed by atoms with Gasteiger partial charge < -0.3 is 5.11 Å². The molecule has 1 heteroatoms. The van der Waals surface area contributed by atoms with Crippen molar-refractivity contribution in [3.05, 3.63) is 96.1 Å². The van der Waals surface area contributed by atoms with Gasteiger partial charge in [0.2, 0.25) is 0 Å². The van der Waals surface area contributed by atoms with E-state index in [2.05, 4.69) is 54.6 Å². The highest BCUT2D eigenvalue weighted by Gasteiger charge is 2.03. The Morgan fingerprint density at radius 1 is 0.667 bits per heavy atom. The third kappa shape index (κ3) is 2.65. The Morgan fingerprint density at radius 2 is 1.33 bits per heavy atom. The number of phenolic OH excluding ortho intramolecular Hbond substituents is 1. The maximum absolute atomic E-state index is 10.2. The van der Waals surface area contributed by atoms with Gasteiger partial charge in [0.1, 0.15) is 5.75 Å². The van der Waals surface area contributed by atoms with Crippen LogP contribution in [0.5, 0.6) is 5.75 Å². The van der Waals surface area contributed by atoms with Crippen molar-refractivity contribution >= 4 is 27.6 Å². The van der Waals surface area contributed by atoms with Gasteiger partial charge in [-0.2, -0.15) is 0 Å². The molecule has 1 N–H and O–H groups in total. The number of aromatic hydroxyl groups is 1. The largest absolute Gasteiger partial charge is 0.507 e. The Labute approximate surface area is 141 Å². The molecule has 0 bridgehead atoms. The average molecular weight is 310 g/mol. The van der Waals surface area contributed by atoms with E-state index in [1.807, 2.05) is 30.3 Å². The highest BCUT2D eigenvalue weighted by atomic mass is 16.3. The molecule has 0 fully saturated rings. The van der Waals surface area contributed by atoms with Crippen molar-refractivity contribution in [2.24, 2.45) is 0 Å². The Kier molecular flexibility index (Phi) is 3.76. The second-order valence-electron chi connectivity index (χ2n) is 5.96. The third-order valence-electron chi connectivity index (χ3n) is 4.45. The van der Waals surface area contributed by atoms with Crippen molar-refractivity contribution in [1.29, 1.82) is 0 Å². The van der Waals surface area contributed by atoms with E-state index in [1.54, 1.807) is 6.07 Å². The zero-order valence-electron chi connectivity index (χ0n) is 13.3. The van der Waals surface area contributed by atoms with E-state index >= 15 is 0 Å². The Hall–Kier alpha value is -3.06. The number of hydrogen-bond acceptors (Lipinski definition) is 1. The summed E-state index contributed by atoms with van der Waals surface area (Å²) in [5, 5.41) is 15.0. The van der Waals surface area contributed by atoms with Gasteiger partial charge in [-0.05, 0) is 39.6 Å². The monoisotopic (exact) mass is 310 g/mol. The predicted molar refractivity (Wildman–Crippen MR) is 102 cm³/mol. The quantitative estimate of drug-likeness (QED) is 0.495. The minimum Gasteiger partial charge on any atom is -0.507 e. The molecule has 0 amide bonds. The summed E-state index contributed by atoms with van der Waals surface area (Å²) in [5.74, 6) is 0.322. The molecular formula is C23H18O. The van der Waals surface area contributed by atoms with Crippen molar-refractivity contribution in [1.82, 2.24) is 0 Å². The Morgan fingerprint density at radius 3 is 2.17 bits per heavy atom. The SMILES string of the molecule is Oc1ccc2ccccc2c1/C=C/Cc1cccc2ccccc12. The first-order chi connectivity index (χ1) is 11.8. The summed E-state index contributed by atoms with van der Waals surface area (Å²) in [6, 6.07) is 26.7. The lowest BCUT2D eigenvalue weighted by Gasteiger charge is -2.06. The summed E-state index contributed by atoms with van der Waals surface area (Å²) in [6.07, 6.45) is 4.99. The molecule has 0 aliphatic carbocycles. The van der Waals surface area contributed by atoms with Gasteiger partial charge in [0.25, 0.3) is 0 Å². The molecule has 0 heterocycles. The lowest BCUT2D eigenvalue weighted by molar-refractivity contribution is 0.475. The second kappa shape index (κ2) is 6.21. The van der Waals surface area contributed by atoms with E-state index < -0.39 is 0 Å². The molecule has 0 radical (unpaired) electrons. The fourth-order valence-corrected chi connectivity index (χ4v) is 3.23. The summed E-state index contributed by atoms with van der Waals surface area (Å²) in [4.78, 5) is 0. The fraction of sp³-hybridized carbons (Fsp3) is 0.0435. The molecule has 4 aromatic rings. The van der Waals surface area contributed by atoms with Crippen LogP contribution in [0.2, 0.25) is 0 Å². The zero-order valence-corrected chi connectivity index (χ0v) is 13.3. The average Bonchev–Trinajstić information content (AvgIpc) is 2.64. The van der Waals surface area contributed by atoms with Gasteiger partial charge in [-0.1, -0.05) is 84.9 Å². The van der Waals surface area contributed by atoms with Crippen LogP contribution in [-0.4, -0.2) is 5.11 Å². The van der Waals surface area contributed by atoms with Gasteiger partial charge >= 0.3 is 0 Å². The van der Waals surface area contributed by atoms with Crippen molar-refractivity contribution < 1.29 is 5.11 Å². The van der Waals surface area contributed by atoms with Crippen molar-refractivity contribution in [2.75, 3.05) is 0 Å². The Balaban J connectivity index is 1.70. The lowest BCUT2D eigenvalue weighted by Crippen LogP contribution is -1.85. The van der Waals surface area contributed by atoms with Crippen molar-refractivity contribution in [3.63, 3.8) is 0 Å². The van der Waals surface area contributed by atoms with Crippen molar-refractivity contribution in [3.8, 4) is 5.75 Å². The van der Waals surface area contributed by atoms with Crippen LogP contribution in [0.25, 0.3) is 27.6 Å². The maximum Gasteiger partial charge on any atom is 0.123 e. The molecule has 0 saturated carbocycles. The number of benzene rings is 4. The van der Waals surface area contributed by atoms with Crippen LogP contribution in [0.3, 0.4) is 0 Å². The maximum atomic E-state index is 10.2. The molecule has 24 heavy (non-hydrogen) atoms. The van der Waals surface area contributed by atoms with Gasteiger partial charge in [-0.3, -0.25) is 0 Å². The highest BCUT2D eigenvalue weighted by molar-refractivity contribution is 5.93. The fourth-order valence-electron chi connectivity index (χ4n) is 3.23. The third-order valence-corrected chi connectivity index (χ3v) is 4.45. The van der Waals surface area contributed by atoms with Crippen LogP contribution in [0.1, 0.15) is 11.1 Å². The van der Waals surface area contributed by atoms with E-state index in [9.17, 15) is 5.11 Å². The van der Waals surface area contributed by atoms with Gasteiger partial charge in [-0.15, -0.1) is 0 Å². The highest BCUT2D eigenvalue weighted by Crippen LogP contribution is 2.28. The summed E-state index contributed by atoms with van der Waals surface area (Å²) in [6.45, 7) is 0. The van der Waals surface area contributed by atoms with Crippen LogP contribution in [0.15, 0.2) is 84.9 Å². The van der Waals surface area contributed by atoms with E-state index in [4.69, 9.17) is 0 Å². The molecule has 4 rings (SSSR count). The Bertz CT molecular complexity index is 1040. The van der Waals surface area contributed by atoms with Crippen LogP contribution in [0, 0.1) is 0 Å². The molecule has 0 spiro atoms.